The van der Waals surface area contributed by atoms with E-state index in [0.29, 0.717) is 32.9 Å². The molecule has 0 aliphatic carbocycles. The summed E-state index contributed by atoms with van der Waals surface area (Å²) in [5.74, 6) is 6.08. The van der Waals surface area contributed by atoms with Crippen molar-refractivity contribution in [2.45, 2.75) is 13.0 Å². The number of imidazole rings is 1. The lowest BCUT2D eigenvalue weighted by atomic mass is 10.2. The van der Waals surface area contributed by atoms with Gasteiger partial charge in [0.15, 0.2) is 17.2 Å². The molecule has 11 nitrogen and oxygen atoms in total. The second-order valence-electron chi connectivity index (χ2n) is 8.76. The molecule has 0 radical (unpaired) electrons. The van der Waals surface area contributed by atoms with Crippen molar-refractivity contribution in [3.05, 3.63) is 99.4 Å². The number of hydrogen-bond donors (Lipinski definition) is 2. The molecule has 5 aromatic heterocycles. The zero-order chi connectivity index (χ0) is 27.1. The first-order valence-corrected chi connectivity index (χ1v) is 12.8. The Balaban J connectivity index is 1.45. The van der Waals surface area contributed by atoms with Gasteiger partial charge in [0.25, 0.3) is 11.5 Å². The zero-order valence-corrected chi connectivity index (χ0v) is 21.7. The summed E-state index contributed by atoms with van der Waals surface area (Å²) in [4.78, 5) is 36.9. The van der Waals surface area contributed by atoms with E-state index in [2.05, 4.69) is 32.3 Å². The summed E-state index contributed by atoms with van der Waals surface area (Å²) in [6.07, 6.45) is 5.01. The van der Waals surface area contributed by atoms with Crippen LogP contribution < -0.4 is 16.6 Å². The Kier molecular flexibility index (Phi) is 5.90. The van der Waals surface area contributed by atoms with Crippen LogP contribution in [0.3, 0.4) is 0 Å². The number of benzene rings is 1. The average molecular weight is 536 g/mol. The number of hydrogen-bond acceptors (Lipinski definition) is 8. The highest BCUT2D eigenvalue weighted by molar-refractivity contribution is 7.17. The van der Waals surface area contributed by atoms with E-state index in [-0.39, 0.29) is 17.1 Å². The van der Waals surface area contributed by atoms with E-state index >= 15 is 0 Å². The molecule has 0 bridgehead atoms. The maximum absolute atomic E-state index is 14.0. The third kappa shape index (κ3) is 4.30. The lowest BCUT2D eigenvalue weighted by Crippen LogP contribution is -2.34. The molecule has 0 spiro atoms. The minimum Gasteiger partial charge on any atom is -0.382 e. The molecule has 0 saturated heterocycles. The molecule has 1 atom stereocenters. The molecule has 5 heterocycles. The lowest BCUT2D eigenvalue weighted by molar-refractivity contribution is 0.0931. The Labute approximate surface area is 225 Å². The number of aryl methyl sites for hydroxylation is 1. The smallest absolute Gasteiger partial charge is 0.274 e. The van der Waals surface area contributed by atoms with Gasteiger partial charge < -0.3 is 11.1 Å². The van der Waals surface area contributed by atoms with Crippen LogP contribution in [0.1, 0.15) is 40.4 Å². The number of amides is 1. The molecule has 0 aliphatic rings. The number of carbonyl (C=O) groups is 1. The first kappa shape index (κ1) is 24.1. The molecule has 6 aromatic rings. The molecule has 192 valence electrons. The summed E-state index contributed by atoms with van der Waals surface area (Å²) in [5, 5.41) is 13.5. The third-order valence-corrected chi connectivity index (χ3v) is 6.94. The molecule has 0 saturated carbocycles. The minimum absolute atomic E-state index is 0.0531. The number of nitrogens with zero attached hydrogens (tertiary/aromatic N) is 7. The lowest BCUT2D eigenvalue weighted by Gasteiger charge is -2.19. The second-order valence-corrected chi connectivity index (χ2v) is 9.62. The van der Waals surface area contributed by atoms with Gasteiger partial charge in [-0.1, -0.05) is 30.0 Å². The van der Waals surface area contributed by atoms with Gasteiger partial charge in [0.2, 0.25) is 0 Å². The Morgan fingerprint density at radius 1 is 1.10 bits per heavy atom. The fourth-order valence-electron chi connectivity index (χ4n) is 4.29. The summed E-state index contributed by atoms with van der Waals surface area (Å²) >= 11 is 1.32. The van der Waals surface area contributed by atoms with Gasteiger partial charge in [-0.2, -0.15) is 10.2 Å². The topological polar surface area (TPSA) is 138 Å². The van der Waals surface area contributed by atoms with Crippen LogP contribution in [0.5, 0.6) is 0 Å². The predicted molar refractivity (Wildman–Crippen MR) is 148 cm³/mol. The van der Waals surface area contributed by atoms with Crippen LogP contribution in [0.2, 0.25) is 0 Å². The molecular formula is C27H21N9O2S. The van der Waals surface area contributed by atoms with Crippen molar-refractivity contribution < 1.29 is 4.79 Å². The number of nitrogen functional groups attached to an aromatic ring is 1. The van der Waals surface area contributed by atoms with Crippen molar-refractivity contribution in [1.29, 1.82) is 0 Å². The number of para-hydroxylation sites is 1. The number of fused-ring (bicyclic) bond motifs is 2. The fourth-order valence-corrected chi connectivity index (χ4v) is 5.16. The molecule has 1 amide bonds. The number of nitrogens with one attached hydrogen (secondary N) is 1. The highest BCUT2D eigenvalue weighted by Gasteiger charge is 2.25. The van der Waals surface area contributed by atoms with Gasteiger partial charge >= 0.3 is 0 Å². The molecule has 1 aromatic carbocycles. The Bertz CT molecular complexity index is 1990. The average Bonchev–Trinajstić information content (AvgIpc) is 3.63. The summed E-state index contributed by atoms with van der Waals surface area (Å²) in [5.41, 5.74) is 8.25. The number of rotatable bonds is 4. The predicted octanol–water partition coefficient (Wildman–Crippen LogP) is 2.70. The standard InChI is InChI=1S/C27H21N9O2S/c1-16(31-25(37)22-23(28)32-20-9-6-12-29-36(20)22)24-33-26-21(27(38)35(24)19-7-4-3-5-8-19)18(15-39-26)11-10-17-13-30-34(2)14-17/h3-9,12-16H,28H2,1-2H3,(H,31,37)/t16-/m1/s1. The van der Waals surface area contributed by atoms with Gasteiger partial charge in [0.05, 0.1) is 34.4 Å². The fraction of sp³-hybridized carbons (Fsp3) is 0.111. The molecule has 0 unspecified atom stereocenters. The van der Waals surface area contributed by atoms with Crippen LogP contribution in [-0.4, -0.2) is 39.8 Å². The van der Waals surface area contributed by atoms with Crippen molar-refractivity contribution in [2.75, 3.05) is 5.73 Å². The highest BCUT2D eigenvalue weighted by atomic mass is 32.1. The van der Waals surface area contributed by atoms with E-state index in [1.807, 2.05) is 42.8 Å². The van der Waals surface area contributed by atoms with Crippen molar-refractivity contribution in [3.63, 3.8) is 0 Å². The largest absolute Gasteiger partial charge is 0.382 e. The van der Waals surface area contributed by atoms with Crippen molar-refractivity contribution in [2.24, 2.45) is 7.05 Å². The van der Waals surface area contributed by atoms with E-state index in [1.165, 1.54) is 20.4 Å². The molecule has 6 rings (SSSR count). The van der Waals surface area contributed by atoms with Crippen molar-refractivity contribution in [1.82, 2.24) is 39.2 Å². The Hall–Kier alpha value is -5.28. The minimum atomic E-state index is -0.671. The van der Waals surface area contributed by atoms with Crippen LogP contribution in [-0.2, 0) is 7.05 Å². The van der Waals surface area contributed by atoms with Gasteiger partial charge in [-0.25, -0.2) is 14.5 Å². The van der Waals surface area contributed by atoms with E-state index in [4.69, 9.17) is 10.7 Å². The Morgan fingerprint density at radius 2 is 1.92 bits per heavy atom. The zero-order valence-electron chi connectivity index (χ0n) is 20.9. The first-order valence-electron chi connectivity index (χ1n) is 11.9. The van der Waals surface area contributed by atoms with E-state index in [9.17, 15) is 9.59 Å². The number of thiophene rings is 1. The molecule has 3 N–H and O–H groups in total. The molecule has 12 heteroatoms. The molecule has 0 aliphatic heterocycles. The quantitative estimate of drug-likeness (QED) is 0.331. The SMILES string of the molecule is C[C@@H](NC(=O)c1c(N)nc2cccnn12)c1nc2scc(C#Cc3cnn(C)c3)c2c(=O)n1-c1ccccc1. The van der Waals surface area contributed by atoms with Crippen LogP contribution in [0.25, 0.3) is 21.6 Å². The van der Waals surface area contributed by atoms with E-state index < -0.39 is 11.9 Å². The Morgan fingerprint density at radius 3 is 2.69 bits per heavy atom. The number of anilines is 1. The van der Waals surface area contributed by atoms with Crippen molar-refractivity contribution in [3.8, 4) is 17.5 Å². The third-order valence-electron chi connectivity index (χ3n) is 6.06. The second kappa shape index (κ2) is 9.55. The van der Waals surface area contributed by atoms with Gasteiger partial charge in [-0.3, -0.25) is 18.8 Å². The van der Waals surface area contributed by atoms with E-state index in [0.717, 1.165) is 5.56 Å². The monoisotopic (exact) mass is 535 g/mol. The van der Waals surface area contributed by atoms with Gasteiger partial charge in [-0.15, -0.1) is 11.3 Å². The summed E-state index contributed by atoms with van der Waals surface area (Å²) < 4.78 is 4.55. The van der Waals surface area contributed by atoms with Crippen LogP contribution in [0, 0.1) is 11.8 Å². The van der Waals surface area contributed by atoms with Gasteiger partial charge in [0.1, 0.15) is 10.7 Å². The van der Waals surface area contributed by atoms with Gasteiger partial charge in [0, 0.05) is 24.8 Å². The number of nitrogens with two attached hydrogens (primary N) is 1. The maximum Gasteiger partial charge on any atom is 0.274 e. The summed E-state index contributed by atoms with van der Waals surface area (Å²) in [6.45, 7) is 1.76. The summed E-state index contributed by atoms with van der Waals surface area (Å²) in [6, 6.07) is 11.9. The first-order chi connectivity index (χ1) is 18.9. The number of aromatic nitrogens is 7. The van der Waals surface area contributed by atoms with Gasteiger partial charge in [-0.05, 0) is 31.2 Å². The van der Waals surface area contributed by atoms with E-state index in [1.54, 1.807) is 42.3 Å². The maximum atomic E-state index is 14.0. The van der Waals surface area contributed by atoms with Crippen LogP contribution >= 0.6 is 11.3 Å². The highest BCUT2D eigenvalue weighted by Crippen LogP contribution is 2.25. The molecular weight excluding hydrogens is 514 g/mol. The molecule has 39 heavy (non-hydrogen) atoms. The number of carbonyl (C=O) groups excluding carboxylic acids is 1. The van der Waals surface area contributed by atoms with Crippen molar-refractivity contribution >= 4 is 38.9 Å². The molecule has 0 fully saturated rings. The van der Waals surface area contributed by atoms with Crippen LogP contribution in [0.15, 0.2) is 71.2 Å². The van der Waals surface area contributed by atoms with Crippen LogP contribution in [0.4, 0.5) is 5.82 Å². The normalized spacial score (nSPS) is 11.8. The summed E-state index contributed by atoms with van der Waals surface area (Å²) in [7, 11) is 1.81.